The van der Waals surface area contributed by atoms with Crippen molar-refractivity contribution < 1.29 is 14.3 Å². The number of carbonyl (C=O) groups excluding carboxylic acids is 1. The number of nitrogens with one attached hydrogen (secondary N) is 1. The topological polar surface area (TPSA) is 66.4 Å². The van der Waals surface area contributed by atoms with Crippen molar-refractivity contribution in [1.82, 2.24) is 15.1 Å². The molecule has 1 N–H and O–H groups in total. The normalized spacial score (nSPS) is 13.3. The molecule has 1 heterocycles. The molecule has 1 aromatic carbocycles. The van der Waals surface area contributed by atoms with Gasteiger partial charge in [-0.2, -0.15) is 0 Å². The summed E-state index contributed by atoms with van der Waals surface area (Å²) >= 11 is 0. The van der Waals surface area contributed by atoms with Gasteiger partial charge in [0.25, 0.3) is 0 Å². The van der Waals surface area contributed by atoms with Crippen LogP contribution in [0.15, 0.2) is 17.1 Å². The molecule has 1 amide bonds. The van der Waals surface area contributed by atoms with E-state index >= 15 is 0 Å². The van der Waals surface area contributed by atoms with Crippen LogP contribution in [0.2, 0.25) is 0 Å². The van der Waals surface area contributed by atoms with Gasteiger partial charge in [0.15, 0.2) is 17.5 Å². The number of benzene rings is 1. The molecule has 0 unspecified atom stereocenters. The monoisotopic (exact) mass is 518 g/mol. The molecule has 0 aliphatic carbocycles. The maximum atomic E-state index is 12.2. The minimum atomic E-state index is 0. The number of nitrogens with zero attached hydrogens (tertiary/aromatic N) is 3. The molecule has 0 bridgehead atoms. The number of carbonyl (C=O) groups is 1. The Balaban J connectivity index is 0.00000420. The number of ether oxygens (including phenoxy) is 2. The molecule has 0 radical (unpaired) electrons. The third-order valence-electron chi connectivity index (χ3n) is 5.06. The number of hydrogen-bond acceptors (Lipinski definition) is 4. The number of amides is 1. The third kappa shape index (κ3) is 6.65. The van der Waals surface area contributed by atoms with Crippen molar-refractivity contribution in [3.05, 3.63) is 23.3 Å². The Hall–Kier alpha value is -1.71. The first kappa shape index (κ1) is 25.3. The Morgan fingerprint density at radius 3 is 2.31 bits per heavy atom. The van der Waals surface area contributed by atoms with E-state index in [2.05, 4.69) is 23.2 Å². The number of guanidine groups is 1. The fourth-order valence-electron chi connectivity index (χ4n) is 3.48. The van der Waals surface area contributed by atoms with Gasteiger partial charge in [-0.1, -0.05) is 0 Å². The van der Waals surface area contributed by atoms with Crippen LogP contribution in [0.1, 0.15) is 38.3 Å². The molecule has 0 aromatic heterocycles. The zero-order valence-corrected chi connectivity index (χ0v) is 20.6. The van der Waals surface area contributed by atoms with Crippen molar-refractivity contribution >= 4 is 35.8 Å². The minimum absolute atomic E-state index is 0. The van der Waals surface area contributed by atoms with Crippen LogP contribution in [0.5, 0.6) is 11.5 Å². The maximum absolute atomic E-state index is 12.2. The Labute approximate surface area is 191 Å². The van der Waals surface area contributed by atoms with Gasteiger partial charge in [0.05, 0.1) is 20.8 Å². The number of rotatable bonds is 8. The minimum Gasteiger partial charge on any atom is -0.493 e. The van der Waals surface area contributed by atoms with E-state index in [-0.39, 0.29) is 29.9 Å². The van der Waals surface area contributed by atoms with E-state index in [0.29, 0.717) is 13.0 Å². The van der Waals surface area contributed by atoms with Gasteiger partial charge in [0, 0.05) is 39.1 Å². The molecule has 0 spiro atoms. The fourth-order valence-corrected chi connectivity index (χ4v) is 3.48. The number of halogens is 1. The highest BCUT2D eigenvalue weighted by Crippen LogP contribution is 2.33. The largest absolute Gasteiger partial charge is 0.493 e. The molecule has 164 valence electrons. The van der Waals surface area contributed by atoms with Gasteiger partial charge in [0.1, 0.15) is 0 Å². The van der Waals surface area contributed by atoms with Gasteiger partial charge in [-0.15, -0.1) is 24.0 Å². The van der Waals surface area contributed by atoms with Crippen molar-refractivity contribution in [2.75, 3.05) is 46.9 Å². The first-order chi connectivity index (χ1) is 13.6. The van der Waals surface area contributed by atoms with Crippen LogP contribution < -0.4 is 14.8 Å². The predicted molar refractivity (Wildman–Crippen MR) is 128 cm³/mol. The van der Waals surface area contributed by atoms with Crippen molar-refractivity contribution in [3.63, 3.8) is 0 Å². The summed E-state index contributed by atoms with van der Waals surface area (Å²) in [4.78, 5) is 21.0. The second-order valence-corrected chi connectivity index (χ2v) is 6.70. The first-order valence-corrected chi connectivity index (χ1v) is 10.1. The van der Waals surface area contributed by atoms with Gasteiger partial charge in [-0.25, -0.2) is 0 Å². The Bertz CT molecular complexity index is 693. The molecule has 1 aliphatic rings. The van der Waals surface area contributed by atoms with Crippen LogP contribution in [-0.4, -0.2) is 68.6 Å². The second-order valence-electron chi connectivity index (χ2n) is 6.70. The smallest absolute Gasteiger partial charge is 0.224 e. The summed E-state index contributed by atoms with van der Waals surface area (Å²) in [7, 11) is 3.32. The van der Waals surface area contributed by atoms with E-state index < -0.39 is 0 Å². The van der Waals surface area contributed by atoms with E-state index in [1.54, 1.807) is 14.2 Å². The Kier molecular flexibility index (Phi) is 11.2. The summed E-state index contributed by atoms with van der Waals surface area (Å²) in [5.41, 5.74) is 2.50. The summed E-state index contributed by atoms with van der Waals surface area (Å²) in [5.74, 6) is 2.53. The molecule has 7 nitrogen and oxygen atoms in total. The first-order valence-electron chi connectivity index (χ1n) is 10.1. The third-order valence-corrected chi connectivity index (χ3v) is 5.06. The highest BCUT2D eigenvalue weighted by atomic mass is 127. The number of aliphatic imine (C=N–C) groups is 1. The van der Waals surface area contributed by atoms with Gasteiger partial charge < -0.3 is 24.6 Å². The number of fused-ring (bicyclic) bond motifs is 1. The van der Waals surface area contributed by atoms with Crippen LogP contribution in [0.4, 0.5) is 0 Å². The number of hydrogen-bond donors (Lipinski definition) is 1. The lowest BCUT2D eigenvalue weighted by molar-refractivity contribution is -0.130. The van der Waals surface area contributed by atoms with Crippen LogP contribution in [0.25, 0.3) is 0 Å². The molecular formula is C21H35IN4O3. The van der Waals surface area contributed by atoms with E-state index in [1.165, 1.54) is 11.1 Å². The summed E-state index contributed by atoms with van der Waals surface area (Å²) in [5, 5.41) is 3.36. The average Bonchev–Trinajstić information content (AvgIpc) is 2.72. The van der Waals surface area contributed by atoms with Gasteiger partial charge >= 0.3 is 0 Å². The summed E-state index contributed by atoms with van der Waals surface area (Å²) in [6, 6.07) is 4.12. The SMILES string of the molecule is CCNC(=NCCC(=O)N(CC)CC)N1CCc2cc(OC)c(OC)cc2C1.I. The van der Waals surface area contributed by atoms with Gasteiger partial charge in [0.2, 0.25) is 5.91 Å². The van der Waals surface area contributed by atoms with E-state index in [0.717, 1.165) is 56.6 Å². The number of methoxy groups -OCH3 is 2. The zero-order valence-electron chi connectivity index (χ0n) is 18.3. The average molecular weight is 518 g/mol. The fraction of sp³-hybridized carbons (Fsp3) is 0.619. The Morgan fingerprint density at radius 1 is 1.14 bits per heavy atom. The molecule has 1 aromatic rings. The van der Waals surface area contributed by atoms with Crippen molar-refractivity contribution in [2.45, 2.75) is 40.2 Å². The van der Waals surface area contributed by atoms with Crippen LogP contribution in [0.3, 0.4) is 0 Å². The van der Waals surface area contributed by atoms with Crippen molar-refractivity contribution in [3.8, 4) is 11.5 Å². The van der Waals surface area contributed by atoms with Crippen LogP contribution in [-0.2, 0) is 17.8 Å². The second kappa shape index (κ2) is 12.8. The molecule has 2 rings (SSSR count). The van der Waals surface area contributed by atoms with Gasteiger partial charge in [-0.3, -0.25) is 9.79 Å². The molecule has 1 aliphatic heterocycles. The lowest BCUT2D eigenvalue weighted by Gasteiger charge is -2.32. The lowest BCUT2D eigenvalue weighted by Crippen LogP contribution is -2.44. The zero-order chi connectivity index (χ0) is 20.5. The standard InChI is InChI=1S/C21H34N4O3.HI/c1-6-22-21(23-11-9-20(26)24(7-2)8-3)25-12-10-16-13-18(27-4)19(28-5)14-17(16)15-25;/h13-14H,6-12,15H2,1-5H3,(H,22,23);1H. The molecular weight excluding hydrogens is 483 g/mol. The van der Waals surface area contributed by atoms with Crippen molar-refractivity contribution in [1.29, 1.82) is 0 Å². The Morgan fingerprint density at radius 2 is 1.76 bits per heavy atom. The molecule has 0 saturated heterocycles. The summed E-state index contributed by atoms with van der Waals surface area (Å²) < 4.78 is 10.9. The molecule has 8 heteroatoms. The molecule has 0 atom stereocenters. The highest BCUT2D eigenvalue weighted by molar-refractivity contribution is 14.0. The predicted octanol–water partition coefficient (Wildman–Crippen LogP) is 2.90. The maximum Gasteiger partial charge on any atom is 0.224 e. The van der Waals surface area contributed by atoms with Crippen molar-refractivity contribution in [2.24, 2.45) is 4.99 Å². The molecule has 0 saturated carbocycles. The lowest BCUT2D eigenvalue weighted by atomic mass is 9.99. The van der Waals surface area contributed by atoms with E-state index in [1.807, 2.05) is 24.8 Å². The van der Waals surface area contributed by atoms with E-state index in [9.17, 15) is 4.79 Å². The highest BCUT2D eigenvalue weighted by Gasteiger charge is 2.21. The van der Waals surface area contributed by atoms with Crippen LogP contribution in [0, 0.1) is 0 Å². The molecule has 29 heavy (non-hydrogen) atoms. The van der Waals surface area contributed by atoms with E-state index in [4.69, 9.17) is 14.5 Å². The summed E-state index contributed by atoms with van der Waals surface area (Å²) in [6.07, 6.45) is 1.35. The van der Waals surface area contributed by atoms with Crippen LogP contribution >= 0.6 is 24.0 Å². The van der Waals surface area contributed by atoms with Gasteiger partial charge in [-0.05, 0) is 50.5 Å². The quantitative estimate of drug-likeness (QED) is 0.326. The molecule has 0 fully saturated rings. The summed E-state index contributed by atoms with van der Waals surface area (Å²) in [6.45, 7) is 10.5.